The maximum absolute atomic E-state index is 13.9. The van der Waals surface area contributed by atoms with E-state index in [1.54, 1.807) is 6.92 Å². The number of hydrogen-bond donors (Lipinski definition) is 1. The van der Waals surface area contributed by atoms with Crippen LogP contribution in [0.5, 0.6) is 0 Å². The first-order valence-corrected chi connectivity index (χ1v) is 5.58. The van der Waals surface area contributed by atoms with Gasteiger partial charge in [-0.05, 0) is 26.2 Å². The minimum atomic E-state index is -0.930. The van der Waals surface area contributed by atoms with E-state index in [0.29, 0.717) is 13.0 Å². The van der Waals surface area contributed by atoms with Gasteiger partial charge in [0, 0.05) is 6.54 Å². The highest BCUT2D eigenvalue weighted by Crippen LogP contribution is 2.25. The van der Waals surface area contributed by atoms with Crippen LogP contribution in [-0.2, 0) is 4.79 Å². The molecule has 0 bridgehead atoms. The number of hydrogen-bond acceptors (Lipinski definition) is 4. The molecule has 1 N–H and O–H groups in total. The van der Waals surface area contributed by atoms with Crippen LogP contribution in [0.25, 0.3) is 0 Å². The molecule has 0 spiro atoms. The topological polar surface area (TPSA) is 66.3 Å². The summed E-state index contributed by atoms with van der Waals surface area (Å²) in [5.74, 6) is -1.36. The van der Waals surface area contributed by atoms with Crippen LogP contribution in [0, 0.1) is 12.7 Å². The predicted octanol–water partition coefficient (Wildman–Crippen LogP) is 1.37. The van der Waals surface area contributed by atoms with Gasteiger partial charge in [-0.3, -0.25) is 0 Å². The van der Waals surface area contributed by atoms with Crippen molar-refractivity contribution in [1.82, 2.24) is 9.97 Å². The third-order valence-electron chi connectivity index (χ3n) is 3.01. The van der Waals surface area contributed by atoms with Crippen LogP contribution in [0.15, 0.2) is 6.33 Å². The van der Waals surface area contributed by atoms with Crippen LogP contribution >= 0.6 is 0 Å². The fraction of sp³-hybridized carbons (Fsp3) is 0.545. The van der Waals surface area contributed by atoms with Crippen LogP contribution in [0.4, 0.5) is 10.2 Å². The summed E-state index contributed by atoms with van der Waals surface area (Å²) in [6.45, 7) is 2.06. The van der Waals surface area contributed by atoms with Crippen LogP contribution in [0.3, 0.4) is 0 Å². The Morgan fingerprint density at radius 2 is 2.29 bits per heavy atom. The summed E-state index contributed by atoms with van der Waals surface area (Å²) in [6.07, 6.45) is 3.49. The first-order valence-electron chi connectivity index (χ1n) is 5.58. The highest BCUT2D eigenvalue weighted by atomic mass is 19.1. The maximum Gasteiger partial charge on any atom is 0.326 e. The Morgan fingerprint density at radius 1 is 1.53 bits per heavy atom. The lowest BCUT2D eigenvalue weighted by Gasteiger charge is -2.33. The molecule has 2 heterocycles. The van der Waals surface area contributed by atoms with Crippen molar-refractivity contribution in [2.45, 2.75) is 32.2 Å². The van der Waals surface area contributed by atoms with Gasteiger partial charge in [0.25, 0.3) is 0 Å². The maximum atomic E-state index is 13.9. The summed E-state index contributed by atoms with van der Waals surface area (Å²) in [4.78, 5) is 20.3. The molecule has 1 aromatic heterocycles. The SMILES string of the molecule is Cc1ncnc(N2CCCCC2C(=O)O)c1F. The number of nitrogens with zero attached hydrogens (tertiary/aromatic N) is 3. The Balaban J connectivity index is 2.36. The van der Waals surface area contributed by atoms with Crippen molar-refractivity contribution >= 4 is 11.8 Å². The number of rotatable bonds is 2. The van der Waals surface area contributed by atoms with Gasteiger partial charge >= 0.3 is 5.97 Å². The number of aliphatic carboxylic acids is 1. The van der Waals surface area contributed by atoms with E-state index in [4.69, 9.17) is 5.11 Å². The third-order valence-corrected chi connectivity index (χ3v) is 3.01. The number of carboxylic acid groups (broad SMARTS) is 1. The summed E-state index contributed by atoms with van der Waals surface area (Å²) < 4.78 is 13.9. The molecular weight excluding hydrogens is 225 g/mol. The van der Waals surface area contributed by atoms with Gasteiger partial charge in [0.05, 0.1) is 5.69 Å². The average Bonchev–Trinajstić information content (AvgIpc) is 2.33. The lowest BCUT2D eigenvalue weighted by atomic mass is 10.0. The number of carboxylic acids is 1. The molecule has 17 heavy (non-hydrogen) atoms. The molecule has 1 atom stereocenters. The van der Waals surface area contributed by atoms with Crippen molar-refractivity contribution in [3.05, 3.63) is 17.8 Å². The van der Waals surface area contributed by atoms with Gasteiger partial charge in [0.2, 0.25) is 0 Å². The van der Waals surface area contributed by atoms with Crippen LogP contribution in [0.2, 0.25) is 0 Å². The molecule has 0 aliphatic carbocycles. The third kappa shape index (κ3) is 2.20. The summed E-state index contributed by atoms with van der Waals surface area (Å²) in [7, 11) is 0. The monoisotopic (exact) mass is 239 g/mol. The zero-order valence-electron chi connectivity index (χ0n) is 9.56. The van der Waals surface area contributed by atoms with Gasteiger partial charge < -0.3 is 10.0 Å². The largest absolute Gasteiger partial charge is 0.480 e. The number of halogens is 1. The number of carbonyl (C=O) groups is 1. The first-order chi connectivity index (χ1) is 8.11. The summed E-state index contributed by atoms with van der Waals surface area (Å²) in [6, 6.07) is -0.687. The zero-order chi connectivity index (χ0) is 12.4. The van der Waals surface area contributed by atoms with Gasteiger partial charge in [0.15, 0.2) is 11.6 Å². The van der Waals surface area contributed by atoms with Crippen molar-refractivity contribution in [2.24, 2.45) is 0 Å². The predicted molar refractivity (Wildman–Crippen MR) is 59.3 cm³/mol. The molecule has 5 nitrogen and oxygen atoms in total. The van der Waals surface area contributed by atoms with E-state index in [9.17, 15) is 9.18 Å². The van der Waals surface area contributed by atoms with Crippen molar-refractivity contribution in [3.8, 4) is 0 Å². The number of piperidine rings is 1. The Kier molecular flexibility index (Phi) is 3.21. The standard InChI is InChI=1S/C11H14FN3O2/c1-7-9(12)10(14-6-13-7)15-5-3-2-4-8(15)11(16)17/h6,8H,2-5H2,1H3,(H,16,17). The lowest BCUT2D eigenvalue weighted by molar-refractivity contribution is -0.139. The lowest BCUT2D eigenvalue weighted by Crippen LogP contribution is -2.45. The zero-order valence-corrected chi connectivity index (χ0v) is 9.56. The molecule has 92 valence electrons. The Bertz CT molecular complexity index is 439. The molecule has 1 unspecified atom stereocenters. The van der Waals surface area contributed by atoms with Gasteiger partial charge in [-0.25, -0.2) is 19.2 Å². The van der Waals surface area contributed by atoms with E-state index >= 15 is 0 Å². The number of anilines is 1. The average molecular weight is 239 g/mol. The Morgan fingerprint density at radius 3 is 3.00 bits per heavy atom. The molecule has 1 fully saturated rings. The quantitative estimate of drug-likeness (QED) is 0.844. The molecule has 0 amide bonds. The van der Waals surface area contributed by atoms with Crippen LogP contribution in [0.1, 0.15) is 25.0 Å². The van der Waals surface area contributed by atoms with Crippen LogP contribution < -0.4 is 4.90 Å². The fourth-order valence-electron chi connectivity index (χ4n) is 2.09. The van der Waals surface area contributed by atoms with Crippen LogP contribution in [-0.4, -0.2) is 33.6 Å². The number of aromatic nitrogens is 2. The van der Waals surface area contributed by atoms with Gasteiger partial charge in [-0.2, -0.15) is 0 Å². The molecule has 1 saturated heterocycles. The van der Waals surface area contributed by atoms with E-state index in [2.05, 4.69) is 9.97 Å². The summed E-state index contributed by atoms with van der Waals surface area (Å²) in [5.41, 5.74) is 0.240. The summed E-state index contributed by atoms with van der Waals surface area (Å²) in [5, 5.41) is 9.12. The molecule has 0 saturated carbocycles. The molecular formula is C11H14FN3O2. The van der Waals surface area contributed by atoms with E-state index in [0.717, 1.165) is 12.8 Å². The molecule has 1 aromatic rings. The Labute approximate surface area is 98.3 Å². The highest BCUT2D eigenvalue weighted by molar-refractivity contribution is 5.78. The number of aryl methyl sites for hydroxylation is 1. The smallest absolute Gasteiger partial charge is 0.326 e. The van der Waals surface area contributed by atoms with Crippen molar-refractivity contribution in [3.63, 3.8) is 0 Å². The van der Waals surface area contributed by atoms with E-state index < -0.39 is 17.8 Å². The van der Waals surface area contributed by atoms with E-state index in [-0.39, 0.29) is 11.5 Å². The summed E-state index contributed by atoms with van der Waals surface area (Å²) >= 11 is 0. The van der Waals surface area contributed by atoms with E-state index in [1.807, 2.05) is 0 Å². The fourth-order valence-corrected chi connectivity index (χ4v) is 2.09. The minimum absolute atomic E-state index is 0.101. The van der Waals surface area contributed by atoms with Crippen molar-refractivity contribution < 1.29 is 14.3 Å². The van der Waals surface area contributed by atoms with Gasteiger partial charge in [0.1, 0.15) is 12.4 Å². The highest BCUT2D eigenvalue weighted by Gasteiger charge is 2.31. The second kappa shape index (κ2) is 4.65. The minimum Gasteiger partial charge on any atom is -0.480 e. The molecule has 1 aliphatic rings. The molecule has 6 heteroatoms. The molecule has 0 radical (unpaired) electrons. The van der Waals surface area contributed by atoms with Crippen molar-refractivity contribution in [2.75, 3.05) is 11.4 Å². The van der Waals surface area contributed by atoms with Gasteiger partial charge in [-0.15, -0.1) is 0 Å². The van der Waals surface area contributed by atoms with Gasteiger partial charge in [-0.1, -0.05) is 0 Å². The van der Waals surface area contributed by atoms with E-state index in [1.165, 1.54) is 11.2 Å². The normalized spacial score (nSPS) is 20.4. The molecule has 1 aliphatic heterocycles. The second-order valence-electron chi connectivity index (χ2n) is 4.14. The first kappa shape index (κ1) is 11.8. The van der Waals surface area contributed by atoms with Crippen molar-refractivity contribution in [1.29, 1.82) is 0 Å². The molecule has 0 aromatic carbocycles. The second-order valence-corrected chi connectivity index (χ2v) is 4.14. The molecule has 2 rings (SSSR count). The Hall–Kier alpha value is -1.72.